The first-order valence-corrected chi connectivity index (χ1v) is 8.83. The Morgan fingerprint density at radius 1 is 1.33 bits per heavy atom. The Hall–Kier alpha value is -1.93. The summed E-state index contributed by atoms with van der Waals surface area (Å²) in [5, 5.41) is 3.31. The molecule has 2 aromatic carbocycles. The van der Waals surface area contributed by atoms with E-state index in [9.17, 15) is 0 Å². The van der Waals surface area contributed by atoms with E-state index in [-0.39, 0.29) is 6.10 Å². The fourth-order valence-electron chi connectivity index (χ4n) is 3.30. The van der Waals surface area contributed by atoms with Crippen LogP contribution >= 0.6 is 11.6 Å². The maximum absolute atomic E-state index is 6.44. The molecule has 0 saturated carbocycles. The van der Waals surface area contributed by atoms with E-state index in [1.54, 1.807) is 7.11 Å². The molecule has 3 heteroatoms. The predicted molar refractivity (Wildman–Crippen MR) is 101 cm³/mol. The summed E-state index contributed by atoms with van der Waals surface area (Å²) in [5.41, 5.74) is 2.35. The number of hydrogen-bond acceptors (Lipinski definition) is 2. The first kappa shape index (κ1) is 16.9. The lowest BCUT2D eigenvalue weighted by molar-refractivity contribution is 0.211. The molecular formula is C21H23ClO2. The fourth-order valence-corrected chi connectivity index (χ4v) is 3.48. The van der Waals surface area contributed by atoms with E-state index >= 15 is 0 Å². The number of methoxy groups -OCH3 is 1. The average Bonchev–Trinajstić information content (AvgIpc) is 2.64. The summed E-state index contributed by atoms with van der Waals surface area (Å²) in [6.07, 6.45) is 6.84. The normalized spacial score (nSPS) is 18.2. The lowest BCUT2D eigenvalue weighted by Gasteiger charge is -2.28. The van der Waals surface area contributed by atoms with Crippen LogP contribution in [0.1, 0.15) is 32.3 Å². The molecule has 2 nitrogen and oxygen atoms in total. The molecule has 1 aliphatic heterocycles. The first-order chi connectivity index (χ1) is 11.7. The minimum absolute atomic E-state index is 0.0178. The monoisotopic (exact) mass is 342 g/mol. The van der Waals surface area contributed by atoms with Crippen molar-refractivity contribution < 1.29 is 9.47 Å². The van der Waals surface area contributed by atoms with Crippen LogP contribution in [0.2, 0.25) is 0 Å². The van der Waals surface area contributed by atoms with Crippen molar-refractivity contribution in [3.05, 3.63) is 58.7 Å². The van der Waals surface area contributed by atoms with Crippen LogP contribution in [0, 0.1) is 0 Å². The zero-order chi connectivity index (χ0) is 17.1. The zero-order valence-corrected chi connectivity index (χ0v) is 15.2. The van der Waals surface area contributed by atoms with E-state index in [1.807, 2.05) is 19.1 Å². The average molecular weight is 343 g/mol. The quantitative estimate of drug-likeness (QED) is 0.632. The first-order valence-electron chi connectivity index (χ1n) is 8.45. The van der Waals surface area contributed by atoms with E-state index < -0.39 is 0 Å². The van der Waals surface area contributed by atoms with Gasteiger partial charge in [-0.1, -0.05) is 42.8 Å². The van der Waals surface area contributed by atoms with E-state index in [0.717, 1.165) is 41.4 Å². The molecule has 0 aromatic heterocycles. The predicted octanol–water partition coefficient (Wildman–Crippen LogP) is 6.02. The molecule has 0 spiro atoms. The van der Waals surface area contributed by atoms with Crippen LogP contribution in [-0.2, 0) is 6.42 Å². The highest BCUT2D eigenvalue weighted by molar-refractivity contribution is 6.30. The minimum Gasteiger partial charge on any atom is -0.497 e. The molecule has 2 aromatic rings. The SMILES string of the molecule is C/C=C\C(=C(\Cl)CC)C1CCc2c(ccc3ccc(OC)cc23)O1. The molecule has 24 heavy (non-hydrogen) atoms. The Labute approximate surface area is 148 Å². The minimum atomic E-state index is 0.0178. The van der Waals surface area contributed by atoms with Gasteiger partial charge in [0.25, 0.3) is 0 Å². The summed E-state index contributed by atoms with van der Waals surface area (Å²) in [6.45, 7) is 4.08. The number of fused-ring (bicyclic) bond motifs is 3. The van der Waals surface area contributed by atoms with Crippen LogP contribution in [0.15, 0.2) is 53.1 Å². The van der Waals surface area contributed by atoms with Gasteiger partial charge in [0.2, 0.25) is 0 Å². The number of ether oxygens (including phenoxy) is 2. The Bertz CT molecular complexity index is 805. The van der Waals surface area contributed by atoms with Gasteiger partial charge in [-0.05, 0) is 55.2 Å². The fraction of sp³-hybridized carbons (Fsp3) is 0.333. The van der Waals surface area contributed by atoms with Crippen molar-refractivity contribution >= 4 is 22.4 Å². The smallest absolute Gasteiger partial charge is 0.125 e. The molecule has 1 atom stereocenters. The molecule has 1 unspecified atom stereocenters. The molecule has 0 aliphatic carbocycles. The molecule has 0 radical (unpaired) electrons. The highest BCUT2D eigenvalue weighted by atomic mass is 35.5. The van der Waals surface area contributed by atoms with Crippen molar-refractivity contribution in [1.29, 1.82) is 0 Å². The molecule has 0 saturated heterocycles. The standard InChI is InChI=1S/C21H23ClO2/c1-4-6-17(19(22)5-2)21-12-10-16-18-13-15(23-3)9-7-14(18)8-11-20(16)24-21/h4,6-9,11,13,21H,5,10,12H2,1-3H3/b6-4-,19-17-. The Kier molecular flexibility index (Phi) is 5.15. The highest BCUT2D eigenvalue weighted by Crippen LogP contribution is 2.38. The third-order valence-electron chi connectivity index (χ3n) is 4.54. The highest BCUT2D eigenvalue weighted by Gasteiger charge is 2.25. The summed E-state index contributed by atoms with van der Waals surface area (Å²) in [6, 6.07) is 10.4. The summed E-state index contributed by atoms with van der Waals surface area (Å²) < 4.78 is 11.7. The molecule has 126 valence electrons. The molecular weight excluding hydrogens is 320 g/mol. The third-order valence-corrected chi connectivity index (χ3v) is 5.03. The molecule has 0 fully saturated rings. The summed E-state index contributed by atoms with van der Waals surface area (Å²) >= 11 is 6.44. The Morgan fingerprint density at radius 3 is 2.83 bits per heavy atom. The van der Waals surface area contributed by atoms with Gasteiger partial charge < -0.3 is 9.47 Å². The Morgan fingerprint density at radius 2 is 2.12 bits per heavy atom. The summed E-state index contributed by atoms with van der Waals surface area (Å²) in [4.78, 5) is 0. The van der Waals surface area contributed by atoms with Gasteiger partial charge in [-0.3, -0.25) is 0 Å². The van der Waals surface area contributed by atoms with Gasteiger partial charge in [0.1, 0.15) is 17.6 Å². The summed E-state index contributed by atoms with van der Waals surface area (Å²) in [5.74, 6) is 1.83. The van der Waals surface area contributed by atoms with E-state index in [1.165, 1.54) is 16.3 Å². The lowest BCUT2D eigenvalue weighted by atomic mass is 9.92. The topological polar surface area (TPSA) is 18.5 Å². The molecule has 0 bridgehead atoms. The Balaban J connectivity index is 2.01. The van der Waals surface area contributed by atoms with E-state index in [4.69, 9.17) is 21.1 Å². The van der Waals surface area contributed by atoms with E-state index in [0.29, 0.717) is 0 Å². The van der Waals surface area contributed by atoms with Gasteiger partial charge in [-0.15, -0.1) is 0 Å². The lowest BCUT2D eigenvalue weighted by Crippen LogP contribution is -2.25. The number of hydrogen-bond donors (Lipinski definition) is 0. The number of aryl methyl sites for hydroxylation is 1. The second-order valence-corrected chi connectivity index (χ2v) is 6.44. The summed E-state index contributed by atoms with van der Waals surface area (Å²) in [7, 11) is 1.70. The van der Waals surface area contributed by atoms with Crippen molar-refractivity contribution in [2.24, 2.45) is 0 Å². The number of rotatable bonds is 4. The maximum Gasteiger partial charge on any atom is 0.125 e. The molecule has 1 heterocycles. The van der Waals surface area contributed by atoms with E-state index in [2.05, 4.69) is 37.3 Å². The van der Waals surface area contributed by atoms with Crippen LogP contribution in [0.25, 0.3) is 10.8 Å². The number of allylic oxidation sites excluding steroid dienone is 2. The molecule has 0 N–H and O–H groups in total. The van der Waals surface area contributed by atoms with Crippen molar-refractivity contribution in [1.82, 2.24) is 0 Å². The molecule has 3 rings (SSSR count). The van der Waals surface area contributed by atoms with Gasteiger partial charge in [0.05, 0.1) is 7.11 Å². The second kappa shape index (κ2) is 7.31. The van der Waals surface area contributed by atoms with Crippen LogP contribution < -0.4 is 9.47 Å². The second-order valence-electron chi connectivity index (χ2n) is 5.99. The van der Waals surface area contributed by atoms with Gasteiger partial charge >= 0.3 is 0 Å². The van der Waals surface area contributed by atoms with Gasteiger partial charge in [-0.25, -0.2) is 0 Å². The molecule has 1 aliphatic rings. The van der Waals surface area contributed by atoms with Gasteiger partial charge in [-0.2, -0.15) is 0 Å². The van der Waals surface area contributed by atoms with Crippen LogP contribution in [0.5, 0.6) is 11.5 Å². The van der Waals surface area contributed by atoms with Gasteiger partial charge in [0.15, 0.2) is 0 Å². The number of benzene rings is 2. The van der Waals surface area contributed by atoms with Gasteiger partial charge in [0, 0.05) is 16.2 Å². The van der Waals surface area contributed by atoms with Crippen molar-refractivity contribution in [3.8, 4) is 11.5 Å². The largest absolute Gasteiger partial charge is 0.497 e. The van der Waals surface area contributed by atoms with Crippen LogP contribution in [0.4, 0.5) is 0 Å². The van der Waals surface area contributed by atoms with Crippen LogP contribution in [0.3, 0.4) is 0 Å². The van der Waals surface area contributed by atoms with Crippen LogP contribution in [-0.4, -0.2) is 13.2 Å². The third kappa shape index (κ3) is 3.16. The molecule has 0 amide bonds. The maximum atomic E-state index is 6.44. The number of halogens is 1. The van der Waals surface area contributed by atoms with Crippen molar-refractivity contribution in [2.45, 2.75) is 39.2 Å². The van der Waals surface area contributed by atoms with Crippen molar-refractivity contribution in [2.75, 3.05) is 7.11 Å². The van der Waals surface area contributed by atoms with Crippen molar-refractivity contribution in [3.63, 3.8) is 0 Å². The zero-order valence-electron chi connectivity index (χ0n) is 14.4.